The van der Waals surface area contributed by atoms with Crippen LogP contribution in [0.2, 0.25) is 15.1 Å². The molecule has 12 heteroatoms. The molecule has 2 aromatic rings. The maximum Gasteiger partial charge on any atom is 0.416 e. The number of hydrogen-bond acceptors (Lipinski definition) is 2. The molecule has 2 aromatic carbocycles. The number of halogens is 9. The number of ether oxygens (including phenoxy) is 1. The van der Waals surface area contributed by atoms with Gasteiger partial charge in [0.2, 0.25) is 0 Å². The van der Waals surface area contributed by atoms with E-state index >= 15 is 0 Å². The van der Waals surface area contributed by atoms with E-state index in [0.29, 0.717) is 12.1 Å². The molecule has 3 nitrogen and oxygen atoms in total. The minimum Gasteiger partial charge on any atom is -0.482 e. The maximum absolute atomic E-state index is 12.8. The Balaban J connectivity index is 2.18. The topological polar surface area (TPSA) is 38.3 Å². The Bertz CT molecular complexity index is 867. The second-order valence-electron chi connectivity index (χ2n) is 5.33. The molecule has 0 aromatic heterocycles. The third-order valence-electron chi connectivity index (χ3n) is 3.20. The predicted octanol–water partition coefficient (Wildman–Crippen LogP) is 6.70. The second-order valence-corrected chi connectivity index (χ2v) is 6.55. The minimum absolute atomic E-state index is 0.000580. The highest BCUT2D eigenvalue weighted by molar-refractivity contribution is 6.43. The molecule has 1 amide bonds. The fourth-order valence-corrected chi connectivity index (χ4v) is 2.57. The van der Waals surface area contributed by atoms with Gasteiger partial charge in [-0.05, 0) is 24.3 Å². The summed E-state index contributed by atoms with van der Waals surface area (Å²) in [6, 6.07) is 3.13. The monoisotopic (exact) mass is 465 g/mol. The molecule has 0 aliphatic heterocycles. The van der Waals surface area contributed by atoms with Crippen molar-refractivity contribution in [1.82, 2.24) is 0 Å². The third kappa shape index (κ3) is 5.83. The highest BCUT2D eigenvalue weighted by Crippen LogP contribution is 2.38. The van der Waals surface area contributed by atoms with Crippen LogP contribution in [-0.2, 0) is 17.1 Å². The van der Waals surface area contributed by atoms with Crippen molar-refractivity contribution in [2.45, 2.75) is 12.4 Å². The zero-order valence-corrected chi connectivity index (χ0v) is 15.6. The molecule has 0 aliphatic rings. The van der Waals surface area contributed by atoms with E-state index in [-0.39, 0.29) is 26.9 Å². The third-order valence-corrected chi connectivity index (χ3v) is 4.22. The van der Waals surface area contributed by atoms with Gasteiger partial charge in [-0.1, -0.05) is 34.8 Å². The molecule has 0 atom stereocenters. The van der Waals surface area contributed by atoms with Gasteiger partial charge in [-0.2, -0.15) is 26.3 Å². The lowest BCUT2D eigenvalue weighted by molar-refractivity contribution is -0.143. The average Bonchev–Trinajstić information content (AvgIpc) is 2.55. The summed E-state index contributed by atoms with van der Waals surface area (Å²) in [5.74, 6) is -1.07. The molecule has 0 heterocycles. The summed E-state index contributed by atoms with van der Waals surface area (Å²) < 4.78 is 82.0. The summed E-state index contributed by atoms with van der Waals surface area (Å²) in [5.41, 5.74) is -3.83. The number of alkyl halides is 6. The zero-order chi connectivity index (χ0) is 21.3. The van der Waals surface area contributed by atoms with Crippen LogP contribution in [0, 0.1) is 0 Å². The van der Waals surface area contributed by atoms with Gasteiger partial charge < -0.3 is 10.1 Å². The van der Waals surface area contributed by atoms with Crippen molar-refractivity contribution in [2.75, 3.05) is 11.9 Å². The van der Waals surface area contributed by atoms with Crippen molar-refractivity contribution in [1.29, 1.82) is 0 Å². The summed E-state index contributed by atoms with van der Waals surface area (Å²) in [6.45, 7) is -0.755. The summed E-state index contributed by atoms with van der Waals surface area (Å²) in [7, 11) is 0. The van der Waals surface area contributed by atoms with Gasteiger partial charge in [0, 0.05) is 11.8 Å². The molecule has 152 valence electrons. The highest BCUT2D eigenvalue weighted by atomic mass is 35.5. The van der Waals surface area contributed by atoms with Crippen LogP contribution in [0.1, 0.15) is 11.1 Å². The molecular formula is C16H8Cl3F6NO2. The van der Waals surface area contributed by atoms with Gasteiger partial charge >= 0.3 is 12.4 Å². The summed E-state index contributed by atoms with van der Waals surface area (Å²) >= 11 is 17.3. The van der Waals surface area contributed by atoms with Crippen molar-refractivity contribution in [3.8, 4) is 5.75 Å². The second kappa shape index (κ2) is 8.26. The van der Waals surface area contributed by atoms with Crippen LogP contribution < -0.4 is 10.1 Å². The van der Waals surface area contributed by atoms with E-state index in [1.54, 1.807) is 0 Å². The van der Waals surface area contributed by atoms with E-state index in [1.165, 1.54) is 12.1 Å². The van der Waals surface area contributed by atoms with Crippen molar-refractivity contribution < 1.29 is 35.9 Å². The number of hydrogen-bond donors (Lipinski definition) is 1. The molecule has 0 saturated heterocycles. The maximum atomic E-state index is 12.8. The molecular weight excluding hydrogens is 459 g/mol. The molecule has 0 fully saturated rings. The Morgan fingerprint density at radius 3 is 1.82 bits per heavy atom. The first kappa shape index (κ1) is 22.4. The van der Waals surface area contributed by atoms with Gasteiger partial charge in [-0.15, -0.1) is 0 Å². The Labute approximate surface area is 169 Å². The van der Waals surface area contributed by atoms with E-state index in [1.807, 2.05) is 5.32 Å². The molecule has 1 N–H and O–H groups in total. The van der Waals surface area contributed by atoms with E-state index in [2.05, 4.69) is 0 Å². The molecule has 0 saturated carbocycles. The normalized spacial score (nSPS) is 12.0. The number of nitrogens with one attached hydrogen (secondary N) is 1. The smallest absolute Gasteiger partial charge is 0.416 e. The fraction of sp³-hybridized carbons (Fsp3) is 0.188. The number of rotatable bonds is 4. The lowest BCUT2D eigenvalue weighted by Crippen LogP contribution is -2.21. The molecule has 2 rings (SSSR count). The predicted molar refractivity (Wildman–Crippen MR) is 92.0 cm³/mol. The summed E-state index contributed by atoms with van der Waals surface area (Å²) in [5, 5.41) is 2.10. The number of amides is 1. The lowest BCUT2D eigenvalue weighted by Gasteiger charge is -2.15. The number of benzene rings is 2. The Kier molecular flexibility index (Phi) is 6.62. The quantitative estimate of drug-likeness (QED) is 0.402. The van der Waals surface area contributed by atoms with Gasteiger partial charge in [-0.3, -0.25) is 4.79 Å². The van der Waals surface area contributed by atoms with E-state index < -0.39 is 41.7 Å². The molecule has 0 spiro atoms. The van der Waals surface area contributed by atoms with Gasteiger partial charge in [0.25, 0.3) is 5.91 Å². The first-order valence-corrected chi connectivity index (χ1v) is 8.27. The number of carbonyl (C=O) groups is 1. The first-order valence-electron chi connectivity index (χ1n) is 7.14. The SMILES string of the molecule is O=C(COc1cc(Cl)c(Cl)cc1Cl)Nc1cc(C(F)(F)F)cc(C(F)(F)F)c1. The van der Waals surface area contributed by atoms with Crippen molar-refractivity contribution in [3.05, 3.63) is 56.5 Å². The number of anilines is 1. The minimum atomic E-state index is -5.04. The van der Waals surface area contributed by atoms with Crippen LogP contribution in [0.25, 0.3) is 0 Å². The van der Waals surface area contributed by atoms with Crippen molar-refractivity contribution in [3.63, 3.8) is 0 Å². The standard InChI is InChI=1S/C16H8Cl3F6NO2/c17-10-4-12(19)13(5-11(10)18)28-6-14(27)26-9-2-7(15(20,21)22)1-8(3-9)16(23,24)25/h1-5H,6H2,(H,26,27). The molecule has 0 aliphatic carbocycles. The lowest BCUT2D eigenvalue weighted by atomic mass is 10.1. The fourth-order valence-electron chi connectivity index (χ4n) is 1.98. The summed E-state index contributed by atoms with van der Waals surface area (Å²) in [6.07, 6.45) is -10.1. The Hall–Kier alpha value is -1.84. The average molecular weight is 467 g/mol. The Morgan fingerprint density at radius 1 is 0.821 bits per heavy atom. The van der Waals surface area contributed by atoms with Crippen LogP contribution in [0.3, 0.4) is 0 Å². The molecule has 0 bridgehead atoms. The van der Waals surface area contributed by atoms with Crippen LogP contribution in [-0.4, -0.2) is 12.5 Å². The largest absolute Gasteiger partial charge is 0.482 e. The zero-order valence-electron chi connectivity index (χ0n) is 13.3. The van der Waals surface area contributed by atoms with Gasteiger partial charge in [0.05, 0.1) is 26.2 Å². The van der Waals surface area contributed by atoms with E-state index in [9.17, 15) is 31.1 Å². The molecule has 0 unspecified atom stereocenters. The van der Waals surface area contributed by atoms with Gasteiger partial charge in [-0.25, -0.2) is 0 Å². The van der Waals surface area contributed by atoms with Crippen LogP contribution in [0.15, 0.2) is 30.3 Å². The van der Waals surface area contributed by atoms with Crippen LogP contribution >= 0.6 is 34.8 Å². The highest BCUT2D eigenvalue weighted by Gasteiger charge is 2.37. The van der Waals surface area contributed by atoms with Crippen molar-refractivity contribution in [2.24, 2.45) is 0 Å². The summed E-state index contributed by atoms with van der Waals surface area (Å²) in [4.78, 5) is 11.9. The van der Waals surface area contributed by atoms with Crippen LogP contribution in [0.4, 0.5) is 32.0 Å². The first-order chi connectivity index (χ1) is 12.8. The van der Waals surface area contributed by atoms with Crippen molar-refractivity contribution >= 4 is 46.4 Å². The Morgan fingerprint density at radius 2 is 1.32 bits per heavy atom. The van der Waals surface area contributed by atoms with Gasteiger partial charge in [0.15, 0.2) is 6.61 Å². The van der Waals surface area contributed by atoms with E-state index in [4.69, 9.17) is 39.5 Å². The van der Waals surface area contributed by atoms with E-state index in [0.717, 1.165) is 0 Å². The van der Waals surface area contributed by atoms with Gasteiger partial charge in [0.1, 0.15) is 5.75 Å². The van der Waals surface area contributed by atoms with Crippen LogP contribution in [0.5, 0.6) is 5.75 Å². The molecule has 28 heavy (non-hydrogen) atoms. The molecule has 0 radical (unpaired) electrons. The number of carbonyl (C=O) groups excluding carboxylic acids is 1.